The molecule has 0 saturated heterocycles. The van der Waals surface area contributed by atoms with Crippen LogP contribution in [-0.2, 0) is 6.61 Å². The van der Waals surface area contributed by atoms with Gasteiger partial charge in [-0.25, -0.2) is 0 Å². The molecule has 1 aliphatic rings. The summed E-state index contributed by atoms with van der Waals surface area (Å²) in [6, 6.07) is 0. The van der Waals surface area contributed by atoms with Crippen LogP contribution >= 0.6 is 0 Å². The number of rotatable bonds is 1. The fourth-order valence-corrected chi connectivity index (χ4v) is 2.09. The molecule has 14 heavy (non-hydrogen) atoms. The van der Waals surface area contributed by atoms with Gasteiger partial charge in [0.05, 0.1) is 6.61 Å². The standard InChI is InChI=1S/C13H14O/c1-8-9(2)13(7-14)10(3)12-6-4-5-11(8)12/h5-6,14H,7H2,1-3H3. The van der Waals surface area contributed by atoms with Crippen molar-refractivity contribution in [2.75, 3.05) is 0 Å². The van der Waals surface area contributed by atoms with Gasteiger partial charge in [-0.2, -0.15) is 0 Å². The first-order chi connectivity index (χ1) is 6.66. The molecule has 0 saturated carbocycles. The Labute approximate surface area is 84.4 Å². The van der Waals surface area contributed by atoms with Gasteiger partial charge in [0, 0.05) is 0 Å². The first kappa shape index (κ1) is 9.26. The molecule has 1 nitrogen and oxygen atoms in total. The lowest BCUT2D eigenvalue weighted by Crippen LogP contribution is -2.01. The molecule has 0 radical (unpaired) electrons. The van der Waals surface area contributed by atoms with Gasteiger partial charge < -0.3 is 5.11 Å². The summed E-state index contributed by atoms with van der Waals surface area (Å²) in [7, 11) is 0. The van der Waals surface area contributed by atoms with E-state index in [0.29, 0.717) is 0 Å². The Balaban J connectivity index is 2.81. The topological polar surface area (TPSA) is 20.2 Å². The van der Waals surface area contributed by atoms with E-state index in [4.69, 9.17) is 0 Å². The van der Waals surface area contributed by atoms with Gasteiger partial charge in [0.25, 0.3) is 0 Å². The summed E-state index contributed by atoms with van der Waals surface area (Å²) in [5.74, 6) is 0. The number of fused-ring (bicyclic) bond motifs is 1. The number of aliphatic hydroxyl groups excluding tert-OH is 1. The van der Waals surface area contributed by atoms with E-state index in [2.05, 4.69) is 26.5 Å². The largest absolute Gasteiger partial charge is 0.392 e. The SMILES string of the molecule is Cc1c(C)c(CO)c(C)c2c1C=C=C2. The van der Waals surface area contributed by atoms with Crippen LogP contribution in [0, 0.1) is 20.8 Å². The van der Waals surface area contributed by atoms with Crippen LogP contribution in [0.4, 0.5) is 0 Å². The third-order valence-electron chi connectivity index (χ3n) is 3.18. The molecule has 0 amide bonds. The lowest BCUT2D eigenvalue weighted by Gasteiger charge is -2.15. The van der Waals surface area contributed by atoms with Crippen molar-refractivity contribution < 1.29 is 5.11 Å². The summed E-state index contributed by atoms with van der Waals surface area (Å²) in [6.07, 6.45) is 4.02. The predicted octanol–water partition coefficient (Wildman–Crippen LogP) is 2.74. The zero-order valence-corrected chi connectivity index (χ0v) is 8.81. The van der Waals surface area contributed by atoms with Crippen LogP contribution in [0.5, 0.6) is 0 Å². The quantitative estimate of drug-likeness (QED) is 0.679. The second-order valence-corrected chi connectivity index (χ2v) is 3.79. The van der Waals surface area contributed by atoms with Crippen LogP contribution < -0.4 is 0 Å². The van der Waals surface area contributed by atoms with Crippen molar-refractivity contribution in [2.45, 2.75) is 27.4 Å². The van der Waals surface area contributed by atoms with Crippen LogP contribution in [0.2, 0.25) is 0 Å². The van der Waals surface area contributed by atoms with Crippen molar-refractivity contribution >= 4 is 12.2 Å². The monoisotopic (exact) mass is 186 g/mol. The highest BCUT2D eigenvalue weighted by atomic mass is 16.3. The maximum absolute atomic E-state index is 9.31. The van der Waals surface area contributed by atoms with Gasteiger partial charge in [0.1, 0.15) is 0 Å². The highest BCUT2D eigenvalue weighted by Gasteiger charge is 2.15. The minimum Gasteiger partial charge on any atom is -0.392 e. The van der Waals surface area contributed by atoms with Gasteiger partial charge in [-0.15, -0.1) is 5.73 Å². The van der Waals surface area contributed by atoms with Gasteiger partial charge in [-0.3, -0.25) is 0 Å². The minimum atomic E-state index is 0.125. The van der Waals surface area contributed by atoms with Crippen molar-refractivity contribution in [3.63, 3.8) is 0 Å². The van der Waals surface area contributed by atoms with Gasteiger partial charge in [0.15, 0.2) is 0 Å². The average Bonchev–Trinajstić information content (AvgIpc) is 2.64. The van der Waals surface area contributed by atoms with Crippen LogP contribution in [0.1, 0.15) is 33.4 Å². The van der Waals surface area contributed by atoms with E-state index in [1.54, 1.807) is 0 Å². The number of hydrogen-bond donors (Lipinski definition) is 1. The summed E-state index contributed by atoms with van der Waals surface area (Å²) in [5, 5.41) is 9.31. The maximum Gasteiger partial charge on any atom is 0.0687 e. The molecule has 0 bridgehead atoms. The first-order valence-electron chi connectivity index (χ1n) is 4.82. The smallest absolute Gasteiger partial charge is 0.0687 e. The van der Waals surface area contributed by atoms with E-state index in [1.807, 2.05) is 12.2 Å². The molecular weight excluding hydrogens is 172 g/mol. The van der Waals surface area contributed by atoms with E-state index in [9.17, 15) is 5.11 Å². The molecular formula is C13H14O. The fraction of sp³-hybridized carbons (Fsp3) is 0.308. The molecule has 0 aromatic heterocycles. The molecule has 1 heteroatoms. The van der Waals surface area contributed by atoms with E-state index in [0.717, 1.165) is 5.56 Å². The van der Waals surface area contributed by atoms with E-state index >= 15 is 0 Å². The summed E-state index contributed by atoms with van der Waals surface area (Å²) >= 11 is 0. The molecule has 2 rings (SSSR count). The van der Waals surface area contributed by atoms with Crippen molar-refractivity contribution in [3.05, 3.63) is 39.1 Å². The Bertz CT molecular complexity index is 461. The summed E-state index contributed by atoms with van der Waals surface area (Å²) in [6.45, 7) is 6.36. The molecule has 0 unspecified atom stereocenters. The normalized spacial score (nSPS) is 12.3. The lowest BCUT2D eigenvalue weighted by molar-refractivity contribution is 0.280. The molecule has 1 aliphatic carbocycles. The maximum atomic E-state index is 9.31. The third kappa shape index (κ3) is 1.07. The van der Waals surface area contributed by atoms with Crippen molar-refractivity contribution in [2.24, 2.45) is 0 Å². The first-order valence-corrected chi connectivity index (χ1v) is 4.82. The molecule has 72 valence electrons. The molecule has 0 atom stereocenters. The van der Waals surface area contributed by atoms with Gasteiger partial charge in [-0.05, 0) is 66.3 Å². The van der Waals surface area contributed by atoms with Gasteiger partial charge in [-0.1, -0.05) is 0 Å². The second kappa shape index (κ2) is 3.13. The highest BCUT2D eigenvalue weighted by molar-refractivity contribution is 5.78. The van der Waals surface area contributed by atoms with Crippen LogP contribution in [0.3, 0.4) is 0 Å². The average molecular weight is 186 g/mol. The Hall–Kier alpha value is -1.30. The Morgan fingerprint density at radius 3 is 2.14 bits per heavy atom. The molecule has 1 aromatic carbocycles. The Kier molecular flexibility index (Phi) is 2.07. The third-order valence-corrected chi connectivity index (χ3v) is 3.18. The summed E-state index contributed by atoms with van der Waals surface area (Å²) in [5.41, 5.74) is 10.3. The zero-order chi connectivity index (χ0) is 10.3. The summed E-state index contributed by atoms with van der Waals surface area (Å²) < 4.78 is 0. The molecule has 0 heterocycles. The fourth-order valence-electron chi connectivity index (χ4n) is 2.09. The van der Waals surface area contributed by atoms with Gasteiger partial charge >= 0.3 is 0 Å². The Morgan fingerprint density at radius 2 is 1.57 bits per heavy atom. The number of benzene rings is 1. The van der Waals surface area contributed by atoms with Crippen molar-refractivity contribution in [3.8, 4) is 0 Å². The minimum absolute atomic E-state index is 0.125. The number of hydrogen-bond acceptors (Lipinski definition) is 1. The molecule has 0 fully saturated rings. The van der Waals surface area contributed by atoms with Gasteiger partial charge in [0.2, 0.25) is 0 Å². The molecule has 0 spiro atoms. The Morgan fingerprint density at radius 1 is 1.00 bits per heavy atom. The van der Waals surface area contributed by atoms with Crippen molar-refractivity contribution in [1.82, 2.24) is 0 Å². The molecule has 0 aliphatic heterocycles. The van der Waals surface area contributed by atoms with E-state index in [1.165, 1.54) is 27.8 Å². The summed E-state index contributed by atoms with van der Waals surface area (Å²) in [4.78, 5) is 0. The van der Waals surface area contributed by atoms with E-state index < -0.39 is 0 Å². The van der Waals surface area contributed by atoms with Crippen LogP contribution in [-0.4, -0.2) is 5.11 Å². The van der Waals surface area contributed by atoms with Crippen molar-refractivity contribution in [1.29, 1.82) is 0 Å². The van der Waals surface area contributed by atoms with E-state index in [-0.39, 0.29) is 6.61 Å². The highest BCUT2D eigenvalue weighted by Crippen LogP contribution is 2.31. The molecule has 1 aromatic rings. The molecule has 1 N–H and O–H groups in total. The zero-order valence-electron chi connectivity index (χ0n) is 8.81. The second-order valence-electron chi connectivity index (χ2n) is 3.79. The van der Waals surface area contributed by atoms with Crippen LogP contribution in [0.25, 0.3) is 12.2 Å². The lowest BCUT2D eigenvalue weighted by atomic mass is 9.90. The van der Waals surface area contributed by atoms with Crippen LogP contribution in [0.15, 0.2) is 5.73 Å². The number of aliphatic hydroxyl groups is 1. The predicted molar refractivity (Wildman–Crippen MR) is 59.0 cm³/mol.